The van der Waals surface area contributed by atoms with Crippen molar-refractivity contribution in [3.05, 3.63) is 75.8 Å². The van der Waals surface area contributed by atoms with E-state index in [1.165, 1.54) is 18.2 Å². The van der Waals surface area contributed by atoms with Crippen molar-refractivity contribution in [2.24, 2.45) is 11.8 Å². The van der Waals surface area contributed by atoms with E-state index in [-0.39, 0.29) is 23.1 Å². The molecule has 4 atom stereocenters. The predicted octanol–water partition coefficient (Wildman–Crippen LogP) is 4.84. The van der Waals surface area contributed by atoms with Crippen molar-refractivity contribution in [1.29, 1.82) is 0 Å². The van der Waals surface area contributed by atoms with Crippen LogP contribution in [0, 0.1) is 22.0 Å². The Hall–Kier alpha value is -2.21. The Bertz CT molecular complexity index is 842. The number of rotatable bonds is 4. The predicted molar refractivity (Wildman–Crippen MR) is 100 cm³/mol. The zero-order valence-electron chi connectivity index (χ0n) is 14.0. The molecule has 0 saturated heterocycles. The van der Waals surface area contributed by atoms with Crippen LogP contribution in [0.4, 0.5) is 5.69 Å². The highest BCUT2D eigenvalue weighted by molar-refractivity contribution is 9.09. The number of nitrogens with zero attached hydrogens (tertiary/aromatic N) is 1. The molecule has 0 spiro atoms. The molecule has 2 aliphatic carbocycles. The van der Waals surface area contributed by atoms with Crippen LogP contribution < -0.4 is 0 Å². The summed E-state index contributed by atoms with van der Waals surface area (Å²) >= 11 is 3.77. The van der Waals surface area contributed by atoms with E-state index in [9.17, 15) is 14.9 Å². The molecule has 2 aliphatic rings. The van der Waals surface area contributed by atoms with Crippen molar-refractivity contribution in [2.45, 2.75) is 29.7 Å². The molecule has 6 heteroatoms. The van der Waals surface area contributed by atoms with Gasteiger partial charge in [-0.1, -0.05) is 58.7 Å². The van der Waals surface area contributed by atoms with Gasteiger partial charge in [0.2, 0.25) is 0 Å². The molecule has 0 heterocycles. The van der Waals surface area contributed by atoms with E-state index in [0.29, 0.717) is 4.83 Å². The molecular formula is C20H18BrNO4. The van der Waals surface area contributed by atoms with Crippen molar-refractivity contribution < 1.29 is 14.5 Å². The number of halogens is 1. The van der Waals surface area contributed by atoms with Crippen molar-refractivity contribution in [2.75, 3.05) is 0 Å². The Morgan fingerprint density at radius 2 is 1.81 bits per heavy atom. The molecule has 2 bridgehead atoms. The van der Waals surface area contributed by atoms with Crippen LogP contribution in [0.2, 0.25) is 0 Å². The summed E-state index contributed by atoms with van der Waals surface area (Å²) < 4.78 is 6.13. The molecule has 2 aromatic rings. The Labute approximate surface area is 159 Å². The third-order valence-electron chi connectivity index (χ3n) is 5.68. The first-order valence-electron chi connectivity index (χ1n) is 8.71. The van der Waals surface area contributed by atoms with Gasteiger partial charge in [0.25, 0.3) is 5.69 Å². The summed E-state index contributed by atoms with van der Waals surface area (Å²) in [4.78, 5) is 23.7. The number of non-ortho nitro benzene ring substituents is 1. The average Bonchev–Trinajstić information content (AvgIpc) is 2.69. The van der Waals surface area contributed by atoms with Crippen LogP contribution in [0.1, 0.15) is 35.2 Å². The van der Waals surface area contributed by atoms with Gasteiger partial charge in [0.1, 0.15) is 5.60 Å². The highest BCUT2D eigenvalue weighted by Crippen LogP contribution is 2.64. The first-order valence-corrected chi connectivity index (χ1v) is 9.63. The molecule has 2 unspecified atom stereocenters. The number of carbonyl (C=O) groups is 1. The quantitative estimate of drug-likeness (QED) is 0.310. The molecule has 2 fully saturated rings. The number of esters is 1. The molecular weight excluding hydrogens is 398 g/mol. The summed E-state index contributed by atoms with van der Waals surface area (Å²) in [6, 6.07) is 15.6. The number of fused-ring (bicyclic) bond motifs is 2. The van der Waals surface area contributed by atoms with Crippen molar-refractivity contribution in [1.82, 2.24) is 0 Å². The third kappa shape index (κ3) is 2.55. The smallest absolute Gasteiger partial charge is 0.339 e. The van der Waals surface area contributed by atoms with Gasteiger partial charge in [0, 0.05) is 28.8 Å². The first-order chi connectivity index (χ1) is 12.5. The summed E-state index contributed by atoms with van der Waals surface area (Å²) in [6.07, 6.45) is 3.10. The first kappa shape index (κ1) is 17.2. The maximum atomic E-state index is 12.9. The number of ether oxygens (including phenoxy) is 1. The number of alkyl halides is 1. The van der Waals surface area contributed by atoms with E-state index in [2.05, 4.69) is 15.9 Å². The molecule has 0 aliphatic heterocycles. The lowest BCUT2D eigenvalue weighted by Gasteiger charge is -2.62. The lowest BCUT2D eigenvalue weighted by Crippen LogP contribution is -2.65. The van der Waals surface area contributed by atoms with Gasteiger partial charge in [-0.05, 0) is 24.5 Å². The summed E-state index contributed by atoms with van der Waals surface area (Å²) in [5.74, 6) is -0.0774. The van der Waals surface area contributed by atoms with E-state index < -0.39 is 16.5 Å². The van der Waals surface area contributed by atoms with Crippen molar-refractivity contribution in [3.8, 4) is 0 Å². The van der Waals surface area contributed by atoms with Crippen LogP contribution in [0.5, 0.6) is 0 Å². The molecule has 2 saturated carbocycles. The fraction of sp³-hybridized carbons (Fsp3) is 0.350. The van der Waals surface area contributed by atoms with Gasteiger partial charge < -0.3 is 4.74 Å². The Morgan fingerprint density at radius 1 is 1.12 bits per heavy atom. The summed E-state index contributed by atoms with van der Waals surface area (Å²) in [5.41, 5.74) is 0.449. The minimum Gasteiger partial charge on any atom is -0.450 e. The molecule has 0 aromatic heterocycles. The zero-order chi connectivity index (χ0) is 18.3. The van der Waals surface area contributed by atoms with E-state index in [1.54, 1.807) is 6.07 Å². The van der Waals surface area contributed by atoms with Gasteiger partial charge in [-0.25, -0.2) is 4.79 Å². The maximum absolute atomic E-state index is 12.9. The lowest BCUT2D eigenvalue weighted by molar-refractivity contribution is -0.384. The maximum Gasteiger partial charge on any atom is 0.339 e. The van der Waals surface area contributed by atoms with Gasteiger partial charge in [0.05, 0.1) is 10.5 Å². The molecule has 5 nitrogen and oxygen atoms in total. The summed E-state index contributed by atoms with van der Waals surface area (Å²) in [7, 11) is 0. The Balaban J connectivity index is 1.70. The number of benzene rings is 2. The molecule has 0 N–H and O–H groups in total. The number of nitro benzene ring substituents is 1. The Kier molecular flexibility index (Phi) is 4.31. The second-order valence-electron chi connectivity index (χ2n) is 6.94. The molecule has 26 heavy (non-hydrogen) atoms. The topological polar surface area (TPSA) is 69.4 Å². The molecule has 134 valence electrons. The minimum atomic E-state index is -0.657. The zero-order valence-corrected chi connectivity index (χ0v) is 15.6. The van der Waals surface area contributed by atoms with Gasteiger partial charge in [0.15, 0.2) is 0 Å². The second-order valence-corrected chi connectivity index (χ2v) is 8.00. The summed E-state index contributed by atoms with van der Waals surface area (Å²) in [5, 5.41) is 11.0. The van der Waals surface area contributed by atoms with Gasteiger partial charge in [-0.15, -0.1) is 0 Å². The van der Waals surface area contributed by atoms with Crippen LogP contribution >= 0.6 is 15.9 Å². The minimum absolute atomic E-state index is 0.111. The number of hydrogen-bond donors (Lipinski definition) is 0. The van der Waals surface area contributed by atoms with Crippen molar-refractivity contribution in [3.63, 3.8) is 0 Å². The van der Waals surface area contributed by atoms with Crippen LogP contribution in [0.25, 0.3) is 0 Å². The van der Waals surface area contributed by atoms with Crippen LogP contribution in [-0.2, 0) is 10.3 Å². The molecule has 4 rings (SSSR count). The van der Waals surface area contributed by atoms with Gasteiger partial charge in [-0.2, -0.15) is 0 Å². The van der Waals surface area contributed by atoms with E-state index in [0.717, 1.165) is 24.8 Å². The second kappa shape index (κ2) is 6.50. The molecule has 0 amide bonds. The van der Waals surface area contributed by atoms with Crippen molar-refractivity contribution >= 4 is 27.6 Å². The van der Waals surface area contributed by atoms with Gasteiger partial charge >= 0.3 is 5.97 Å². The fourth-order valence-corrected chi connectivity index (χ4v) is 5.82. The van der Waals surface area contributed by atoms with Crippen LogP contribution in [0.3, 0.4) is 0 Å². The Morgan fingerprint density at radius 3 is 2.42 bits per heavy atom. The fourth-order valence-electron chi connectivity index (χ4n) is 4.51. The molecule has 0 radical (unpaired) electrons. The van der Waals surface area contributed by atoms with Crippen LogP contribution in [0.15, 0.2) is 54.6 Å². The monoisotopic (exact) mass is 415 g/mol. The highest BCUT2D eigenvalue weighted by atomic mass is 79.9. The van der Waals surface area contributed by atoms with E-state index >= 15 is 0 Å². The number of hydrogen-bond acceptors (Lipinski definition) is 4. The number of nitro groups is 1. The third-order valence-corrected chi connectivity index (χ3v) is 6.96. The highest BCUT2D eigenvalue weighted by Gasteiger charge is 2.66. The normalized spacial score (nSPS) is 29.5. The average molecular weight is 416 g/mol. The molecule has 2 aromatic carbocycles. The standard InChI is InChI=1S/C20H18BrNO4/c21-18-16-10-5-11-17(18)20(16,14-7-2-1-3-8-14)26-19(23)13-6-4-9-15(12-13)22(24)25/h1-4,6-9,12,16-18H,5,10-11H2/t16-,17+,18?,20?. The van der Waals surface area contributed by atoms with Crippen LogP contribution in [-0.4, -0.2) is 15.7 Å². The SMILES string of the molecule is O=C(OC1(c2ccccc2)[C@@H]2CCC[C@H]1C2Br)c1cccc([N+](=O)[O-])c1. The van der Waals surface area contributed by atoms with Gasteiger partial charge in [-0.3, -0.25) is 10.1 Å². The largest absolute Gasteiger partial charge is 0.450 e. The lowest BCUT2D eigenvalue weighted by atomic mass is 9.51. The number of carbonyl (C=O) groups excluding carboxylic acids is 1. The van der Waals surface area contributed by atoms with E-state index in [1.807, 2.05) is 30.3 Å². The van der Waals surface area contributed by atoms with E-state index in [4.69, 9.17) is 4.74 Å². The summed E-state index contributed by atoms with van der Waals surface area (Å²) in [6.45, 7) is 0.